The van der Waals surface area contributed by atoms with Gasteiger partial charge in [0.1, 0.15) is 17.2 Å². The first-order valence-electron chi connectivity index (χ1n) is 11.8. The van der Waals surface area contributed by atoms with E-state index in [0.717, 1.165) is 19.3 Å². The van der Waals surface area contributed by atoms with Crippen molar-refractivity contribution in [2.24, 2.45) is 0 Å². The van der Waals surface area contributed by atoms with E-state index in [0.29, 0.717) is 35.8 Å². The molecular weight excluding hydrogens is 500 g/mol. The number of rotatable bonds is 9. The molecule has 9 heteroatoms. The summed E-state index contributed by atoms with van der Waals surface area (Å²) in [6.07, 6.45) is 4.32. The minimum absolute atomic E-state index is 0.0362. The van der Waals surface area contributed by atoms with E-state index >= 15 is 0 Å². The molecule has 0 spiro atoms. The Morgan fingerprint density at radius 3 is 2.28 bits per heavy atom. The van der Waals surface area contributed by atoms with Crippen molar-refractivity contribution in [2.45, 2.75) is 43.0 Å². The number of hydrogen-bond acceptors (Lipinski definition) is 5. The van der Waals surface area contributed by atoms with E-state index in [9.17, 15) is 13.2 Å². The van der Waals surface area contributed by atoms with Crippen molar-refractivity contribution in [1.82, 2.24) is 4.31 Å². The van der Waals surface area contributed by atoms with Gasteiger partial charge in [0, 0.05) is 11.7 Å². The van der Waals surface area contributed by atoms with Crippen LogP contribution in [-0.4, -0.2) is 38.3 Å². The number of para-hydroxylation sites is 1. The number of nitrogens with one attached hydrogen (secondary N) is 1. The molecule has 0 heterocycles. The third-order valence-electron chi connectivity index (χ3n) is 6.13. The van der Waals surface area contributed by atoms with Crippen LogP contribution >= 0.6 is 11.6 Å². The molecule has 36 heavy (non-hydrogen) atoms. The first-order chi connectivity index (χ1) is 17.4. The van der Waals surface area contributed by atoms with Crippen LogP contribution in [0.25, 0.3) is 0 Å². The number of benzene rings is 3. The summed E-state index contributed by atoms with van der Waals surface area (Å²) >= 11 is 6.21. The Morgan fingerprint density at radius 2 is 1.64 bits per heavy atom. The first kappa shape index (κ1) is 26.0. The second-order valence-corrected chi connectivity index (χ2v) is 10.9. The second kappa shape index (κ2) is 11.8. The lowest BCUT2D eigenvalue weighted by Gasteiger charge is -2.33. The zero-order valence-electron chi connectivity index (χ0n) is 20.0. The van der Waals surface area contributed by atoms with Gasteiger partial charge < -0.3 is 14.8 Å². The molecule has 1 saturated carbocycles. The summed E-state index contributed by atoms with van der Waals surface area (Å²) in [7, 11) is -2.50. The molecule has 190 valence electrons. The second-order valence-electron chi connectivity index (χ2n) is 8.63. The van der Waals surface area contributed by atoms with Crippen molar-refractivity contribution in [2.75, 3.05) is 19.0 Å². The van der Waals surface area contributed by atoms with E-state index in [1.165, 1.54) is 29.6 Å². The highest BCUT2D eigenvalue weighted by atomic mass is 35.5. The average molecular weight is 529 g/mol. The summed E-state index contributed by atoms with van der Waals surface area (Å²) < 4.78 is 39.5. The van der Waals surface area contributed by atoms with Gasteiger partial charge in [-0.2, -0.15) is 4.31 Å². The molecule has 1 aliphatic carbocycles. The van der Waals surface area contributed by atoms with Gasteiger partial charge in [-0.1, -0.05) is 49.1 Å². The van der Waals surface area contributed by atoms with Crippen LogP contribution in [0.5, 0.6) is 17.2 Å². The molecule has 0 unspecified atom stereocenters. The monoisotopic (exact) mass is 528 g/mol. The summed E-state index contributed by atoms with van der Waals surface area (Å²) in [5.41, 5.74) is 0.550. The van der Waals surface area contributed by atoms with Gasteiger partial charge in [0.25, 0.3) is 0 Å². The number of methoxy groups -OCH3 is 1. The van der Waals surface area contributed by atoms with Crippen LogP contribution in [0.2, 0.25) is 5.02 Å². The van der Waals surface area contributed by atoms with Gasteiger partial charge in [0.2, 0.25) is 15.9 Å². The van der Waals surface area contributed by atoms with Crippen molar-refractivity contribution in [1.29, 1.82) is 0 Å². The summed E-state index contributed by atoms with van der Waals surface area (Å²) in [6, 6.07) is 20.4. The predicted molar refractivity (Wildman–Crippen MR) is 140 cm³/mol. The van der Waals surface area contributed by atoms with E-state index in [1.54, 1.807) is 24.3 Å². The highest BCUT2D eigenvalue weighted by molar-refractivity contribution is 7.89. The van der Waals surface area contributed by atoms with Gasteiger partial charge in [-0.15, -0.1) is 0 Å². The lowest BCUT2D eigenvalue weighted by Crippen LogP contribution is -2.45. The van der Waals surface area contributed by atoms with Crippen LogP contribution < -0.4 is 14.8 Å². The summed E-state index contributed by atoms with van der Waals surface area (Å²) in [4.78, 5) is 13.0. The number of hydrogen-bond donors (Lipinski definition) is 1. The highest BCUT2D eigenvalue weighted by Crippen LogP contribution is 2.32. The summed E-state index contributed by atoms with van der Waals surface area (Å²) in [5.74, 6) is 1.31. The Morgan fingerprint density at radius 1 is 0.972 bits per heavy atom. The maximum Gasteiger partial charge on any atom is 0.243 e. The van der Waals surface area contributed by atoms with E-state index in [4.69, 9.17) is 21.1 Å². The Kier molecular flexibility index (Phi) is 8.51. The van der Waals surface area contributed by atoms with E-state index in [-0.39, 0.29) is 22.5 Å². The van der Waals surface area contributed by atoms with E-state index in [2.05, 4.69) is 5.32 Å². The Bertz CT molecular complexity index is 1280. The standard InChI is InChI=1S/C27H29ClN2O5S/c1-34-26-17-16-24(18-25(26)28)36(32,33)30(21-8-4-2-5-9-21)19-27(31)29-20-12-14-23(15-13-20)35-22-10-6-3-7-11-22/h3,6-7,10-18,21H,2,4-5,8-9,19H2,1H3,(H,29,31). The molecule has 0 aliphatic heterocycles. The predicted octanol–water partition coefficient (Wildman–Crippen LogP) is 6.10. The lowest BCUT2D eigenvalue weighted by atomic mass is 9.95. The fourth-order valence-electron chi connectivity index (χ4n) is 4.30. The van der Waals surface area contributed by atoms with Crippen molar-refractivity contribution in [3.8, 4) is 17.2 Å². The molecule has 7 nitrogen and oxygen atoms in total. The largest absolute Gasteiger partial charge is 0.495 e. The summed E-state index contributed by atoms with van der Waals surface area (Å²) in [6.45, 7) is -0.293. The average Bonchev–Trinajstić information content (AvgIpc) is 2.89. The number of ether oxygens (including phenoxy) is 2. The minimum Gasteiger partial charge on any atom is -0.495 e. The molecule has 0 saturated heterocycles. The quantitative estimate of drug-likeness (QED) is 0.362. The van der Waals surface area contributed by atoms with Crippen LogP contribution in [0.4, 0.5) is 5.69 Å². The highest BCUT2D eigenvalue weighted by Gasteiger charge is 2.34. The molecule has 3 aromatic carbocycles. The summed E-state index contributed by atoms with van der Waals surface area (Å²) in [5, 5.41) is 3.01. The molecule has 0 radical (unpaired) electrons. The Labute approximate surface area is 217 Å². The smallest absolute Gasteiger partial charge is 0.243 e. The number of halogens is 1. The fourth-order valence-corrected chi connectivity index (χ4v) is 6.29. The molecule has 0 atom stereocenters. The molecule has 1 amide bonds. The normalized spacial score (nSPS) is 14.4. The molecule has 0 bridgehead atoms. The SMILES string of the molecule is COc1ccc(S(=O)(=O)N(CC(=O)Nc2ccc(Oc3ccccc3)cc2)C2CCCCC2)cc1Cl. The number of anilines is 1. The van der Waals surface area contributed by atoms with Gasteiger partial charge in [0.15, 0.2) is 0 Å². The Hall–Kier alpha value is -3.07. The molecule has 1 aliphatic rings. The van der Waals surface area contributed by atoms with Crippen LogP contribution in [0.3, 0.4) is 0 Å². The molecule has 1 N–H and O–H groups in total. The van der Waals surface area contributed by atoms with Crippen LogP contribution in [-0.2, 0) is 14.8 Å². The molecule has 1 fully saturated rings. The molecule has 3 aromatic rings. The number of nitrogens with zero attached hydrogens (tertiary/aromatic N) is 1. The topological polar surface area (TPSA) is 84.9 Å². The number of amides is 1. The molecule has 4 rings (SSSR count). The third kappa shape index (κ3) is 6.37. The number of carbonyl (C=O) groups excluding carboxylic acids is 1. The number of carbonyl (C=O) groups is 1. The first-order valence-corrected chi connectivity index (χ1v) is 13.7. The maximum absolute atomic E-state index is 13.6. The maximum atomic E-state index is 13.6. The number of sulfonamides is 1. The third-order valence-corrected chi connectivity index (χ3v) is 8.32. The van der Waals surface area contributed by atoms with Gasteiger partial charge in [-0.25, -0.2) is 8.42 Å². The van der Waals surface area contributed by atoms with Crippen molar-refractivity contribution < 1.29 is 22.7 Å². The van der Waals surface area contributed by atoms with E-state index in [1.807, 2.05) is 30.3 Å². The van der Waals surface area contributed by atoms with Crippen molar-refractivity contribution in [3.63, 3.8) is 0 Å². The van der Waals surface area contributed by atoms with Gasteiger partial charge in [-0.05, 0) is 67.4 Å². The van der Waals surface area contributed by atoms with Crippen molar-refractivity contribution in [3.05, 3.63) is 77.8 Å². The molecule has 0 aromatic heterocycles. The van der Waals surface area contributed by atoms with Crippen LogP contribution in [0, 0.1) is 0 Å². The minimum atomic E-state index is -3.96. The van der Waals surface area contributed by atoms with Crippen molar-refractivity contribution >= 4 is 33.2 Å². The Balaban J connectivity index is 1.49. The fraction of sp³-hybridized carbons (Fsp3) is 0.296. The molecular formula is C27H29ClN2O5S. The van der Waals surface area contributed by atoms with Crippen LogP contribution in [0.1, 0.15) is 32.1 Å². The van der Waals surface area contributed by atoms with Gasteiger partial charge in [0.05, 0.1) is 23.6 Å². The lowest BCUT2D eigenvalue weighted by molar-refractivity contribution is -0.116. The van der Waals surface area contributed by atoms with Gasteiger partial charge in [-0.3, -0.25) is 4.79 Å². The van der Waals surface area contributed by atoms with E-state index < -0.39 is 15.9 Å². The zero-order chi connectivity index (χ0) is 25.5. The zero-order valence-corrected chi connectivity index (χ0v) is 21.6. The van der Waals surface area contributed by atoms with Crippen LogP contribution in [0.15, 0.2) is 77.7 Å². The van der Waals surface area contributed by atoms with Gasteiger partial charge >= 0.3 is 0 Å².